The minimum atomic E-state index is -0.911. The van der Waals surface area contributed by atoms with Gasteiger partial charge < -0.3 is 14.8 Å². The van der Waals surface area contributed by atoms with E-state index < -0.39 is 35.1 Å². The Morgan fingerprint density at radius 1 is 1.07 bits per heavy atom. The highest BCUT2D eigenvalue weighted by atomic mass is 35.5. The minimum absolute atomic E-state index is 0.110. The minimum Gasteiger partial charge on any atom is -0.465 e. The highest BCUT2D eigenvalue weighted by Gasteiger charge is 2.18. The smallest absolute Gasteiger partial charge is 0.338 e. The van der Waals surface area contributed by atoms with Gasteiger partial charge in [0.25, 0.3) is 11.6 Å². The van der Waals surface area contributed by atoms with E-state index in [1.54, 1.807) is 0 Å². The van der Waals surface area contributed by atoms with Gasteiger partial charge >= 0.3 is 11.9 Å². The first-order valence-corrected chi connectivity index (χ1v) is 7.79. The van der Waals surface area contributed by atoms with Gasteiger partial charge in [-0.15, -0.1) is 0 Å². The van der Waals surface area contributed by atoms with Crippen molar-refractivity contribution in [2.75, 3.05) is 19.0 Å². The van der Waals surface area contributed by atoms with Crippen molar-refractivity contribution in [1.29, 1.82) is 0 Å². The van der Waals surface area contributed by atoms with Gasteiger partial charge in [-0.25, -0.2) is 9.59 Å². The van der Waals surface area contributed by atoms with E-state index in [2.05, 4.69) is 10.1 Å². The lowest BCUT2D eigenvalue weighted by molar-refractivity contribution is -0.384. The maximum absolute atomic E-state index is 11.9. The zero-order chi connectivity index (χ0) is 20.0. The quantitative estimate of drug-likeness (QED) is 0.455. The van der Waals surface area contributed by atoms with Crippen molar-refractivity contribution in [3.05, 3.63) is 68.7 Å². The van der Waals surface area contributed by atoms with Crippen molar-refractivity contribution in [3.8, 4) is 0 Å². The second-order valence-electron chi connectivity index (χ2n) is 5.12. The number of nitrogens with zero attached hydrogens (tertiary/aromatic N) is 1. The number of nitro benzene ring substituents is 1. The molecular weight excluding hydrogens is 380 g/mol. The largest absolute Gasteiger partial charge is 0.465 e. The molecule has 2 aromatic rings. The summed E-state index contributed by atoms with van der Waals surface area (Å²) in [5.41, 5.74) is 0.139. The van der Waals surface area contributed by atoms with Gasteiger partial charge in [-0.05, 0) is 36.4 Å². The molecule has 0 radical (unpaired) electrons. The lowest BCUT2D eigenvalue weighted by Crippen LogP contribution is -2.21. The Bertz CT molecular complexity index is 897. The van der Waals surface area contributed by atoms with Gasteiger partial charge in [-0.2, -0.15) is 0 Å². The zero-order valence-corrected chi connectivity index (χ0v) is 14.7. The molecule has 27 heavy (non-hydrogen) atoms. The molecule has 0 atom stereocenters. The van der Waals surface area contributed by atoms with Crippen LogP contribution in [0, 0.1) is 10.1 Å². The monoisotopic (exact) mass is 392 g/mol. The molecule has 0 aliphatic heterocycles. The maximum Gasteiger partial charge on any atom is 0.338 e. The van der Waals surface area contributed by atoms with Crippen molar-refractivity contribution in [3.63, 3.8) is 0 Å². The van der Waals surface area contributed by atoms with E-state index in [0.717, 1.165) is 6.07 Å². The molecule has 1 amide bonds. The summed E-state index contributed by atoms with van der Waals surface area (Å²) in [6.07, 6.45) is 0. The summed E-state index contributed by atoms with van der Waals surface area (Å²) in [7, 11) is 1.25. The molecule has 0 saturated carbocycles. The van der Waals surface area contributed by atoms with E-state index >= 15 is 0 Å². The van der Waals surface area contributed by atoms with Gasteiger partial charge in [0, 0.05) is 11.8 Å². The zero-order valence-electron chi connectivity index (χ0n) is 13.9. The number of anilines is 1. The van der Waals surface area contributed by atoms with E-state index in [4.69, 9.17) is 16.3 Å². The Kier molecular flexibility index (Phi) is 6.45. The molecule has 1 N–H and O–H groups in total. The van der Waals surface area contributed by atoms with Crippen molar-refractivity contribution in [2.24, 2.45) is 0 Å². The molecule has 0 heterocycles. The molecule has 0 spiro atoms. The number of amides is 1. The van der Waals surface area contributed by atoms with Crippen LogP contribution in [0.3, 0.4) is 0 Å². The predicted octanol–water partition coefficient (Wildman–Crippen LogP) is 2.83. The number of halogens is 1. The summed E-state index contributed by atoms with van der Waals surface area (Å²) in [5.74, 6) is -2.05. The van der Waals surface area contributed by atoms with Gasteiger partial charge in [0.15, 0.2) is 6.61 Å². The number of carbonyl (C=O) groups is 3. The van der Waals surface area contributed by atoms with Crippen LogP contribution in [0.1, 0.15) is 20.7 Å². The Labute approximate surface area is 158 Å². The van der Waals surface area contributed by atoms with E-state index in [1.807, 2.05) is 0 Å². The average molecular weight is 393 g/mol. The Morgan fingerprint density at radius 3 is 2.30 bits per heavy atom. The Morgan fingerprint density at radius 2 is 1.70 bits per heavy atom. The molecule has 9 nitrogen and oxygen atoms in total. The molecule has 0 unspecified atom stereocenters. The number of esters is 2. The fourth-order valence-electron chi connectivity index (χ4n) is 2.00. The number of ether oxygens (including phenoxy) is 2. The van der Waals surface area contributed by atoms with Crippen LogP contribution < -0.4 is 5.32 Å². The molecule has 2 rings (SSSR count). The van der Waals surface area contributed by atoms with E-state index in [-0.39, 0.29) is 10.6 Å². The molecule has 0 aromatic heterocycles. The number of methoxy groups -OCH3 is 1. The topological polar surface area (TPSA) is 125 Å². The summed E-state index contributed by atoms with van der Waals surface area (Å²) in [5, 5.41) is 13.2. The summed E-state index contributed by atoms with van der Waals surface area (Å²) < 4.78 is 9.39. The fraction of sp³-hybridized carbons (Fsp3) is 0.118. The predicted molar refractivity (Wildman–Crippen MR) is 94.8 cm³/mol. The van der Waals surface area contributed by atoms with Gasteiger partial charge in [0.05, 0.1) is 23.2 Å². The van der Waals surface area contributed by atoms with Crippen molar-refractivity contribution in [2.45, 2.75) is 0 Å². The SMILES string of the molecule is COC(=O)c1ccc(NC(=O)COC(=O)c2ccc(Cl)c([N+](=O)[O-])c2)cc1. The van der Waals surface area contributed by atoms with Crippen LogP contribution in [-0.2, 0) is 14.3 Å². The first kappa shape index (κ1) is 19.9. The lowest BCUT2D eigenvalue weighted by atomic mass is 10.2. The van der Waals surface area contributed by atoms with E-state index in [9.17, 15) is 24.5 Å². The van der Waals surface area contributed by atoms with Crippen molar-refractivity contribution < 1.29 is 28.8 Å². The first-order valence-electron chi connectivity index (χ1n) is 7.41. The van der Waals surface area contributed by atoms with Crippen LogP contribution in [0.2, 0.25) is 5.02 Å². The number of hydrogen-bond acceptors (Lipinski definition) is 7. The second-order valence-corrected chi connectivity index (χ2v) is 5.52. The third-order valence-corrected chi connectivity index (χ3v) is 3.62. The standard InChI is InChI=1S/C17H13ClN2O7/c1-26-16(22)10-2-5-12(6-3-10)19-15(21)9-27-17(23)11-4-7-13(18)14(8-11)20(24)25/h2-8H,9H2,1H3,(H,19,21). The highest BCUT2D eigenvalue weighted by molar-refractivity contribution is 6.32. The van der Waals surface area contributed by atoms with Gasteiger partial charge in [-0.3, -0.25) is 14.9 Å². The van der Waals surface area contributed by atoms with Crippen LogP contribution in [0.25, 0.3) is 0 Å². The summed E-state index contributed by atoms with van der Waals surface area (Å²) in [6.45, 7) is -0.603. The van der Waals surface area contributed by atoms with Crippen LogP contribution in [-0.4, -0.2) is 36.5 Å². The molecule has 0 saturated heterocycles. The number of nitro groups is 1. The third-order valence-electron chi connectivity index (χ3n) is 3.30. The summed E-state index contributed by atoms with van der Waals surface area (Å²) in [4.78, 5) is 45.2. The summed E-state index contributed by atoms with van der Waals surface area (Å²) >= 11 is 5.67. The highest BCUT2D eigenvalue weighted by Crippen LogP contribution is 2.25. The molecule has 10 heteroatoms. The van der Waals surface area contributed by atoms with Crippen LogP contribution in [0.15, 0.2) is 42.5 Å². The van der Waals surface area contributed by atoms with Crippen LogP contribution >= 0.6 is 11.6 Å². The van der Waals surface area contributed by atoms with Crippen molar-refractivity contribution >= 4 is 40.8 Å². The molecule has 0 aliphatic rings. The van der Waals surface area contributed by atoms with Crippen molar-refractivity contribution in [1.82, 2.24) is 0 Å². The second kappa shape index (κ2) is 8.77. The molecule has 0 fully saturated rings. The maximum atomic E-state index is 11.9. The number of rotatable bonds is 6. The van der Waals surface area contributed by atoms with E-state index in [0.29, 0.717) is 11.3 Å². The van der Waals surface area contributed by atoms with Crippen LogP contribution in [0.5, 0.6) is 0 Å². The molecule has 140 valence electrons. The molecule has 2 aromatic carbocycles. The lowest BCUT2D eigenvalue weighted by Gasteiger charge is -2.07. The normalized spacial score (nSPS) is 10.0. The number of hydrogen-bond donors (Lipinski definition) is 1. The van der Waals surface area contributed by atoms with Crippen LogP contribution in [0.4, 0.5) is 11.4 Å². The van der Waals surface area contributed by atoms with Gasteiger partial charge in [-0.1, -0.05) is 11.6 Å². The molecule has 0 bridgehead atoms. The molecule has 0 aliphatic carbocycles. The summed E-state index contributed by atoms with van der Waals surface area (Å²) in [6, 6.07) is 9.29. The fourth-order valence-corrected chi connectivity index (χ4v) is 2.19. The molecular formula is C17H13ClN2O7. The van der Waals surface area contributed by atoms with Gasteiger partial charge in [0.1, 0.15) is 5.02 Å². The van der Waals surface area contributed by atoms with E-state index in [1.165, 1.54) is 43.5 Å². The number of carbonyl (C=O) groups excluding carboxylic acids is 3. The Hall–Kier alpha value is -3.46. The first-order chi connectivity index (χ1) is 12.8. The number of nitrogens with one attached hydrogen (secondary N) is 1. The third kappa shape index (κ3) is 5.25. The number of benzene rings is 2. The Balaban J connectivity index is 1.93. The van der Waals surface area contributed by atoms with Gasteiger partial charge in [0.2, 0.25) is 0 Å². The average Bonchev–Trinajstić information content (AvgIpc) is 2.66.